The third kappa shape index (κ3) is 25.7. The van der Waals surface area contributed by atoms with Gasteiger partial charge in [0.15, 0.2) is 6.10 Å². The lowest BCUT2D eigenvalue weighted by Gasteiger charge is -2.30. The van der Waals surface area contributed by atoms with Gasteiger partial charge >= 0.3 is 36.4 Å². The molecule has 0 saturated carbocycles. The smallest absolute Gasteiger partial charge is 0.462 e. The van der Waals surface area contributed by atoms with Crippen LogP contribution >= 0.6 is 0 Å². The molecule has 15 heteroatoms. The van der Waals surface area contributed by atoms with Gasteiger partial charge < -0.3 is 42.6 Å². The highest BCUT2D eigenvalue weighted by atomic mass is 16.7. The molecule has 3 aromatic carbocycles. The number of benzene rings is 3. The number of hydrogen-bond acceptors (Lipinski definition) is 15. The minimum Gasteiger partial charge on any atom is -0.462 e. The molecule has 0 N–H and O–H groups in total. The Morgan fingerprint density at radius 1 is 0.326 bits per heavy atom. The molecule has 3 aromatic rings. The Morgan fingerprint density at radius 3 is 0.709 bits per heavy atom. The summed E-state index contributed by atoms with van der Waals surface area (Å²) in [6.45, 7) is 55.4. The zero-order valence-corrected chi connectivity index (χ0v) is 58.3. The van der Waals surface area contributed by atoms with Crippen molar-refractivity contribution in [3.63, 3.8) is 0 Å². The van der Waals surface area contributed by atoms with Gasteiger partial charge in [-0.1, -0.05) is 175 Å². The number of esters is 3. The average molecular weight is 1200 g/mol. The van der Waals surface area contributed by atoms with Crippen molar-refractivity contribution in [3.8, 4) is 17.2 Å². The summed E-state index contributed by atoms with van der Waals surface area (Å²) in [5.74, 6) is -0.542. The van der Waals surface area contributed by atoms with Crippen molar-refractivity contribution in [3.05, 3.63) is 86.5 Å². The van der Waals surface area contributed by atoms with Crippen molar-refractivity contribution in [2.75, 3.05) is 13.2 Å². The lowest BCUT2D eigenvalue weighted by Crippen LogP contribution is -2.31. The standard InChI is InChI=1S/C69H104O15.C2H6/c1-61(2,3)46-34-42(35-47(62(4,5)6)55(46)79-58(73)82-67(19,20)21)28-31-52(70)76-40-45(78-54(72)33-30-44-38-50(65(13,14)15)57(51(39-44)66(16,17)18)81-60(75)84-69(25,26)27)41-77-53(71)32-29-43-36-48(63(7,8)9)56(49(37-43)64(10,11)12)80-59(74)83-68(22,23)24;1-2/h34-39,45H,28-33,40-41H2,1-27H3;1-2H3. The van der Waals surface area contributed by atoms with E-state index in [1.54, 1.807) is 62.3 Å². The predicted octanol–water partition coefficient (Wildman–Crippen LogP) is 17.6. The molecule has 15 nitrogen and oxygen atoms in total. The van der Waals surface area contributed by atoms with E-state index in [0.29, 0.717) is 17.2 Å². The molecule has 0 spiro atoms. The third-order valence-corrected chi connectivity index (χ3v) is 13.0. The van der Waals surface area contributed by atoms with Crippen molar-refractivity contribution in [1.29, 1.82) is 0 Å². The number of aryl methyl sites for hydroxylation is 3. The first-order valence-electron chi connectivity index (χ1n) is 30.5. The molecule has 0 saturated heterocycles. The topological polar surface area (TPSA) is 185 Å². The summed E-state index contributed by atoms with van der Waals surface area (Å²) in [5, 5.41) is 0. The lowest BCUT2D eigenvalue weighted by atomic mass is 9.78. The zero-order valence-electron chi connectivity index (χ0n) is 58.3. The van der Waals surface area contributed by atoms with Gasteiger partial charge in [0.2, 0.25) is 0 Å². The van der Waals surface area contributed by atoms with Gasteiger partial charge in [-0.25, -0.2) is 14.4 Å². The zero-order chi connectivity index (χ0) is 66.7. The van der Waals surface area contributed by atoms with Crippen LogP contribution in [0.5, 0.6) is 17.2 Å². The minimum atomic E-state index is -1.17. The molecule has 86 heavy (non-hydrogen) atoms. The fourth-order valence-corrected chi connectivity index (χ4v) is 8.85. The summed E-state index contributed by atoms with van der Waals surface area (Å²) in [6.07, 6.45) is -3.01. The molecular formula is C71H110O15. The van der Waals surface area contributed by atoms with E-state index in [2.05, 4.69) is 0 Å². The van der Waals surface area contributed by atoms with Crippen molar-refractivity contribution in [2.24, 2.45) is 0 Å². The quantitative estimate of drug-likeness (QED) is 0.0705. The van der Waals surface area contributed by atoms with Crippen molar-refractivity contribution < 1.29 is 71.4 Å². The number of carbonyl (C=O) groups is 6. The van der Waals surface area contributed by atoms with E-state index >= 15 is 0 Å². The number of rotatable bonds is 17. The first-order valence-corrected chi connectivity index (χ1v) is 30.5. The fourth-order valence-electron chi connectivity index (χ4n) is 8.85. The van der Waals surface area contributed by atoms with Gasteiger partial charge in [0.25, 0.3) is 0 Å². The second-order valence-electron chi connectivity index (χ2n) is 31.2. The van der Waals surface area contributed by atoms with Crippen molar-refractivity contribution in [2.45, 2.75) is 295 Å². The lowest BCUT2D eigenvalue weighted by molar-refractivity contribution is -0.166. The SMILES string of the molecule is CC.CC(C)(C)OC(=O)Oc1c(C(C)(C)C)cc(CCC(=O)OCC(COC(=O)CCc2cc(C(C)(C)C)c(OC(=O)OC(C)(C)C)c(C(C)(C)C)c2)OC(=O)CCc2cc(C(C)(C)C)c(OC(=O)OC(C)(C)C)c(C(C)(C)C)c2)cc1C(C)(C)C. The second kappa shape index (κ2) is 29.3. The van der Waals surface area contributed by atoms with Gasteiger partial charge in [0.1, 0.15) is 47.3 Å². The van der Waals surface area contributed by atoms with Crippen LogP contribution in [0, 0.1) is 0 Å². The summed E-state index contributed by atoms with van der Waals surface area (Å²) in [4.78, 5) is 80.6. The number of carbonyl (C=O) groups excluding carboxylic acids is 6. The van der Waals surface area contributed by atoms with Crippen LogP contribution in [-0.2, 0) is 94.6 Å². The number of hydrogen-bond donors (Lipinski definition) is 0. The summed E-state index contributed by atoms with van der Waals surface area (Å²) >= 11 is 0. The molecule has 0 aromatic heterocycles. The summed E-state index contributed by atoms with van der Waals surface area (Å²) in [7, 11) is 0. The highest BCUT2D eigenvalue weighted by Gasteiger charge is 2.35. The van der Waals surface area contributed by atoms with Crippen LogP contribution in [0.2, 0.25) is 0 Å². The van der Waals surface area contributed by atoms with Crippen molar-refractivity contribution in [1.82, 2.24) is 0 Å². The molecule has 0 unspecified atom stereocenters. The van der Waals surface area contributed by atoms with Crippen LogP contribution in [0.15, 0.2) is 36.4 Å². The maximum atomic E-state index is 14.0. The first kappa shape index (κ1) is 76.0. The van der Waals surface area contributed by atoms with E-state index in [1.807, 2.05) is 175 Å². The predicted molar refractivity (Wildman–Crippen MR) is 340 cm³/mol. The van der Waals surface area contributed by atoms with Crippen LogP contribution in [0.25, 0.3) is 0 Å². The number of ether oxygens (including phenoxy) is 9. The van der Waals surface area contributed by atoms with E-state index in [9.17, 15) is 28.8 Å². The van der Waals surface area contributed by atoms with Crippen LogP contribution < -0.4 is 14.2 Å². The maximum absolute atomic E-state index is 14.0. The van der Waals surface area contributed by atoms with Gasteiger partial charge in [-0.05, 0) is 131 Å². The normalized spacial score (nSPS) is 12.8. The molecule has 0 amide bonds. The molecule has 0 bridgehead atoms. The van der Waals surface area contributed by atoms with Crippen LogP contribution in [0.1, 0.15) is 270 Å². The van der Waals surface area contributed by atoms with Crippen LogP contribution in [0.3, 0.4) is 0 Å². The minimum absolute atomic E-state index is 0.0472. The molecular weight excluding hydrogens is 1090 g/mol. The Bertz CT molecular complexity index is 2590. The van der Waals surface area contributed by atoms with E-state index < -0.39 is 105 Å². The van der Waals surface area contributed by atoms with E-state index in [1.165, 1.54) is 0 Å². The van der Waals surface area contributed by atoms with Crippen LogP contribution in [-0.4, -0.2) is 72.5 Å². The highest BCUT2D eigenvalue weighted by Crippen LogP contribution is 2.45. The Kier molecular flexibility index (Phi) is 25.8. The fraction of sp³-hybridized carbons (Fsp3) is 0.662. The van der Waals surface area contributed by atoms with Gasteiger partial charge in [0, 0.05) is 52.6 Å². The van der Waals surface area contributed by atoms with E-state index in [0.717, 1.165) is 50.1 Å². The Balaban J connectivity index is 0.0000125. The second-order valence-corrected chi connectivity index (χ2v) is 31.2. The monoisotopic (exact) mass is 1200 g/mol. The Labute approximate surface area is 517 Å². The molecule has 0 radical (unpaired) electrons. The third-order valence-electron chi connectivity index (χ3n) is 13.0. The van der Waals surface area contributed by atoms with Crippen LogP contribution in [0.4, 0.5) is 14.4 Å². The molecule has 0 atom stereocenters. The van der Waals surface area contributed by atoms with E-state index in [4.69, 9.17) is 42.6 Å². The molecule has 3 rings (SSSR count). The molecule has 484 valence electrons. The molecule has 0 aliphatic heterocycles. The molecule has 0 aliphatic rings. The maximum Gasteiger partial charge on any atom is 0.514 e. The molecule has 0 fully saturated rings. The Morgan fingerprint density at radius 2 is 0.523 bits per heavy atom. The van der Waals surface area contributed by atoms with E-state index in [-0.39, 0.29) is 38.5 Å². The largest absolute Gasteiger partial charge is 0.514 e. The molecule has 0 heterocycles. The highest BCUT2D eigenvalue weighted by molar-refractivity contribution is 5.73. The molecule has 0 aliphatic carbocycles. The van der Waals surface area contributed by atoms with Crippen molar-refractivity contribution >= 4 is 36.4 Å². The summed E-state index contributed by atoms with van der Waals surface area (Å²) in [6, 6.07) is 11.6. The van der Waals surface area contributed by atoms with Gasteiger partial charge in [0.05, 0.1) is 0 Å². The summed E-state index contributed by atoms with van der Waals surface area (Å²) in [5.41, 5.74) is 1.82. The van der Waals surface area contributed by atoms with Gasteiger partial charge in [-0.3, -0.25) is 14.4 Å². The summed E-state index contributed by atoms with van der Waals surface area (Å²) < 4.78 is 52.2. The average Bonchev–Trinajstić information content (AvgIpc) is 0.975. The Hall–Kier alpha value is -6.12. The first-order chi connectivity index (χ1) is 38.7. The van der Waals surface area contributed by atoms with Gasteiger partial charge in [-0.2, -0.15) is 0 Å². The van der Waals surface area contributed by atoms with Gasteiger partial charge in [-0.15, -0.1) is 0 Å².